The SMILES string of the molecule is CC(C)C(=O)C(O)C(N)O. The standard InChI is InChI=1S/C6H13NO3/c1-3(2)4(8)5(9)6(7)10/h3,5-6,9-10H,7H2,1-2H3. The average molecular weight is 147 g/mol. The number of carbonyl (C=O) groups is 1. The predicted molar refractivity (Wildman–Crippen MR) is 36.0 cm³/mol. The molecule has 0 aliphatic heterocycles. The largest absolute Gasteiger partial charge is 0.381 e. The molecule has 0 aliphatic rings. The van der Waals surface area contributed by atoms with Crippen LogP contribution in [0.5, 0.6) is 0 Å². The third-order valence-corrected chi connectivity index (χ3v) is 1.18. The molecule has 0 aromatic carbocycles. The molecule has 2 unspecified atom stereocenters. The monoisotopic (exact) mass is 147 g/mol. The molecule has 0 aromatic rings. The van der Waals surface area contributed by atoms with E-state index >= 15 is 0 Å². The number of hydrogen-bond donors (Lipinski definition) is 3. The van der Waals surface area contributed by atoms with E-state index in [4.69, 9.17) is 15.9 Å². The van der Waals surface area contributed by atoms with Gasteiger partial charge in [-0.1, -0.05) is 13.8 Å². The summed E-state index contributed by atoms with van der Waals surface area (Å²) in [5, 5.41) is 17.4. The number of aliphatic hydroxyl groups is 2. The molecule has 4 heteroatoms. The molecule has 10 heavy (non-hydrogen) atoms. The first-order valence-electron chi connectivity index (χ1n) is 3.12. The predicted octanol–water partition coefficient (Wildman–Crippen LogP) is -1.15. The summed E-state index contributed by atoms with van der Waals surface area (Å²) in [7, 11) is 0. The fourth-order valence-corrected chi connectivity index (χ4v) is 0.510. The van der Waals surface area contributed by atoms with E-state index in [0.717, 1.165) is 0 Å². The first-order chi connectivity index (χ1) is 4.46. The second kappa shape index (κ2) is 3.65. The molecule has 0 saturated carbocycles. The highest BCUT2D eigenvalue weighted by atomic mass is 16.3. The number of carbonyl (C=O) groups excluding carboxylic acids is 1. The van der Waals surface area contributed by atoms with Crippen LogP contribution in [-0.2, 0) is 4.79 Å². The zero-order valence-electron chi connectivity index (χ0n) is 6.11. The molecular formula is C6H13NO3. The van der Waals surface area contributed by atoms with E-state index in [2.05, 4.69) is 0 Å². The second-order valence-electron chi connectivity index (χ2n) is 2.49. The summed E-state index contributed by atoms with van der Waals surface area (Å²) in [6, 6.07) is 0. The Morgan fingerprint density at radius 1 is 1.40 bits per heavy atom. The van der Waals surface area contributed by atoms with Gasteiger partial charge in [0.15, 0.2) is 11.9 Å². The first-order valence-corrected chi connectivity index (χ1v) is 3.12. The Morgan fingerprint density at radius 2 is 1.80 bits per heavy atom. The number of aliphatic hydroxyl groups excluding tert-OH is 2. The lowest BCUT2D eigenvalue weighted by Gasteiger charge is -2.13. The molecule has 0 bridgehead atoms. The summed E-state index contributed by atoms with van der Waals surface area (Å²) in [5.41, 5.74) is 4.86. The van der Waals surface area contributed by atoms with Crippen molar-refractivity contribution in [3.8, 4) is 0 Å². The van der Waals surface area contributed by atoms with E-state index in [-0.39, 0.29) is 5.92 Å². The Bertz CT molecular complexity index is 122. The van der Waals surface area contributed by atoms with Crippen molar-refractivity contribution in [1.82, 2.24) is 0 Å². The van der Waals surface area contributed by atoms with Crippen LogP contribution < -0.4 is 5.73 Å². The Labute approximate surface area is 59.7 Å². The Morgan fingerprint density at radius 3 is 1.90 bits per heavy atom. The topological polar surface area (TPSA) is 83.5 Å². The van der Waals surface area contributed by atoms with Gasteiger partial charge in [0.2, 0.25) is 0 Å². The van der Waals surface area contributed by atoms with Gasteiger partial charge >= 0.3 is 0 Å². The quantitative estimate of drug-likeness (QED) is 0.440. The molecule has 0 spiro atoms. The molecule has 0 fully saturated rings. The maximum Gasteiger partial charge on any atom is 0.167 e. The number of ketones is 1. The lowest BCUT2D eigenvalue weighted by molar-refractivity contribution is -0.135. The van der Waals surface area contributed by atoms with E-state index in [1.165, 1.54) is 0 Å². The minimum absolute atomic E-state index is 0.298. The van der Waals surface area contributed by atoms with Crippen molar-refractivity contribution in [2.45, 2.75) is 26.2 Å². The average Bonchev–Trinajstić information content (AvgIpc) is 1.84. The highest BCUT2D eigenvalue weighted by Crippen LogP contribution is 2.00. The maximum atomic E-state index is 10.8. The summed E-state index contributed by atoms with van der Waals surface area (Å²) in [5.74, 6) is -0.733. The minimum atomic E-state index is -1.46. The smallest absolute Gasteiger partial charge is 0.167 e. The van der Waals surface area contributed by atoms with Crippen molar-refractivity contribution in [3.05, 3.63) is 0 Å². The fourth-order valence-electron chi connectivity index (χ4n) is 0.510. The van der Waals surface area contributed by atoms with Gasteiger partial charge in [0.1, 0.15) is 6.23 Å². The molecule has 2 atom stereocenters. The van der Waals surface area contributed by atoms with Crippen molar-refractivity contribution in [2.75, 3.05) is 0 Å². The molecule has 0 aromatic heterocycles. The van der Waals surface area contributed by atoms with Gasteiger partial charge in [0, 0.05) is 5.92 Å². The van der Waals surface area contributed by atoms with E-state index in [1.54, 1.807) is 13.8 Å². The molecule has 0 heterocycles. The highest BCUT2D eigenvalue weighted by molar-refractivity contribution is 5.84. The third-order valence-electron chi connectivity index (χ3n) is 1.18. The Kier molecular flexibility index (Phi) is 3.49. The number of rotatable bonds is 3. The summed E-state index contributed by atoms with van der Waals surface area (Å²) in [6.45, 7) is 3.27. The van der Waals surface area contributed by atoms with Gasteiger partial charge in [-0.05, 0) is 0 Å². The zero-order valence-corrected chi connectivity index (χ0v) is 6.11. The lowest BCUT2D eigenvalue weighted by Crippen LogP contribution is -2.42. The van der Waals surface area contributed by atoms with Gasteiger partial charge in [-0.2, -0.15) is 0 Å². The molecule has 4 N–H and O–H groups in total. The van der Waals surface area contributed by atoms with Gasteiger partial charge in [0.25, 0.3) is 0 Å². The Hall–Kier alpha value is -0.450. The van der Waals surface area contributed by atoms with Crippen molar-refractivity contribution < 1.29 is 15.0 Å². The van der Waals surface area contributed by atoms with Crippen molar-refractivity contribution in [1.29, 1.82) is 0 Å². The van der Waals surface area contributed by atoms with Crippen LogP contribution in [-0.4, -0.2) is 28.3 Å². The summed E-state index contributed by atoms with van der Waals surface area (Å²) < 4.78 is 0. The molecule has 0 amide bonds. The lowest BCUT2D eigenvalue weighted by atomic mass is 10.0. The van der Waals surface area contributed by atoms with Crippen LogP contribution in [0.2, 0.25) is 0 Å². The molecule has 0 aliphatic carbocycles. The van der Waals surface area contributed by atoms with Crippen molar-refractivity contribution in [3.63, 3.8) is 0 Å². The molecule has 4 nitrogen and oxygen atoms in total. The molecular weight excluding hydrogens is 134 g/mol. The third kappa shape index (κ3) is 2.43. The van der Waals surface area contributed by atoms with E-state index in [1.807, 2.05) is 0 Å². The first kappa shape index (κ1) is 9.55. The zero-order chi connectivity index (χ0) is 8.31. The van der Waals surface area contributed by atoms with E-state index < -0.39 is 18.1 Å². The molecule has 0 rings (SSSR count). The Balaban J connectivity index is 3.95. The van der Waals surface area contributed by atoms with Gasteiger partial charge < -0.3 is 15.9 Å². The maximum absolute atomic E-state index is 10.8. The van der Waals surface area contributed by atoms with E-state index in [9.17, 15) is 4.79 Å². The molecule has 0 radical (unpaired) electrons. The van der Waals surface area contributed by atoms with Gasteiger partial charge in [-0.15, -0.1) is 0 Å². The molecule has 60 valence electrons. The number of hydrogen-bond acceptors (Lipinski definition) is 4. The fraction of sp³-hybridized carbons (Fsp3) is 0.833. The van der Waals surface area contributed by atoms with Gasteiger partial charge in [-0.3, -0.25) is 4.79 Å². The van der Waals surface area contributed by atoms with Crippen LogP contribution in [0, 0.1) is 5.92 Å². The van der Waals surface area contributed by atoms with Crippen molar-refractivity contribution >= 4 is 5.78 Å². The van der Waals surface area contributed by atoms with Crippen LogP contribution in [0.1, 0.15) is 13.8 Å². The van der Waals surface area contributed by atoms with Crippen LogP contribution in [0.4, 0.5) is 0 Å². The van der Waals surface area contributed by atoms with E-state index in [0.29, 0.717) is 0 Å². The number of Topliss-reactive ketones (excluding diaryl/α,β-unsaturated/α-hetero) is 1. The van der Waals surface area contributed by atoms with Gasteiger partial charge in [-0.25, -0.2) is 0 Å². The van der Waals surface area contributed by atoms with Crippen LogP contribution >= 0.6 is 0 Å². The second-order valence-corrected chi connectivity index (χ2v) is 2.49. The van der Waals surface area contributed by atoms with Crippen LogP contribution in [0.15, 0.2) is 0 Å². The molecule has 0 saturated heterocycles. The summed E-state index contributed by atoms with van der Waals surface area (Å²) >= 11 is 0. The van der Waals surface area contributed by atoms with Crippen LogP contribution in [0.3, 0.4) is 0 Å². The summed E-state index contributed by atoms with van der Waals surface area (Å²) in [6.07, 6.45) is -2.91. The number of nitrogens with two attached hydrogens (primary N) is 1. The normalized spacial score (nSPS) is 17.0. The minimum Gasteiger partial charge on any atom is -0.381 e. The van der Waals surface area contributed by atoms with Crippen LogP contribution in [0.25, 0.3) is 0 Å². The van der Waals surface area contributed by atoms with Crippen molar-refractivity contribution in [2.24, 2.45) is 11.7 Å². The summed E-state index contributed by atoms with van der Waals surface area (Å²) in [4.78, 5) is 10.8. The highest BCUT2D eigenvalue weighted by Gasteiger charge is 2.22. The van der Waals surface area contributed by atoms with Gasteiger partial charge in [0.05, 0.1) is 0 Å².